The maximum atomic E-state index is 13.9. The van der Waals surface area contributed by atoms with E-state index in [9.17, 15) is 9.59 Å². The van der Waals surface area contributed by atoms with Crippen molar-refractivity contribution >= 4 is 29.4 Å². The van der Waals surface area contributed by atoms with E-state index < -0.39 is 0 Å². The van der Waals surface area contributed by atoms with Crippen LogP contribution in [0.25, 0.3) is 16.9 Å². The Kier molecular flexibility index (Phi) is 8.30. The van der Waals surface area contributed by atoms with E-state index in [-0.39, 0.29) is 35.5 Å². The third-order valence-corrected chi connectivity index (χ3v) is 8.91. The number of fused-ring (bicyclic) bond motifs is 1. The van der Waals surface area contributed by atoms with Crippen LogP contribution in [0.2, 0.25) is 0 Å². The molecule has 2 aliphatic rings. The molecule has 4 aromatic rings. The van der Waals surface area contributed by atoms with E-state index in [1.165, 1.54) is 0 Å². The smallest absolute Gasteiger partial charge is 0.240 e. The molecule has 3 aromatic carbocycles. The van der Waals surface area contributed by atoms with Crippen LogP contribution in [0.15, 0.2) is 78.9 Å². The fourth-order valence-corrected chi connectivity index (χ4v) is 6.75. The fourth-order valence-electron chi connectivity index (χ4n) is 5.56. The quantitative estimate of drug-likeness (QED) is 0.303. The average molecular weight is 583 g/mol. The summed E-state index contributed by atoms with van der Waals surface area (Å²) in [6, 6.07) is 26.0. The third kappa shape index (κ3) is 5.80. The molecule has 8 nitrogen and oxygen atoms in total. The topological polar surface area (TPSA) is 85.7 Å². The van der Waals surface area contributed by atoms with Crippen molar-refractivity contribution in [2.75, 3.05) is 37.5 Å². The summed E-state index contributed by atoms with van der Waals surface area (Å²) in [4.78, 5) is 28.8. The fraction of sp³-hybridized carbons (Fsp3) is 0.303. The summed E-state index contributed by atoms with van der Waals surface area (Å²) in [6.07, 6.45) is 1.93. The van der Waals surface area contributed by atoms with Gasteiger partial charge in [-0.3, -0.25) is 14.5 Å². The molecule has 0 bridgehead atoms. The van der Waals surface area contributed by atoms with E-state index in [4.69, 9.17) is 14.6 Å². The van der Waals surface area contributed by atoms with Crippen LogP contribution in [0.4, 0.5) is 5.82 Å². The molecule has 42 heavy (non-hydrogen) atoms. The first-order chi connectivity index (χ1) is 20.5. The molecule has 6 rings (SSSR count). The lowest BCUT2D eigenvalue weighted by molar-refractivity contribution is -0.123. The van der Waals surface area contributed by atoms with Crippen molar-refractivity contribution in [2.24, 2.45) is 0 Å². The molecule has 9 heteroatoms. The summed E-state index contributed by atoms with van der Waals surface area (Å²) >= 11 is 1.57. The lowest BCUT2D eigenvalue weighted by atomic mass is 9.98. The van der Waals surface area contributed by atoms with E-state index in [1.54, 1.807) is 28.5 Å². The summed E-state index contributed by atoms with van der Waals surface area (Å²) in [5.41, 5.74) is 5.62. The Morgan fingerprint density at radius 1 is 1.10 bits per heavy atom. The van der Waals surface area contributed by atoms with Gasteiger partial charge in [0.05, 0.1) is 35.6 Å². The van der Waals surface area contributed by atoms with Gasteiger partial charge in [-0.25, -0.2) is 4.68 Å². The molecule has 216 valence electrons. The van der Waals surface area contributed by atoms with Gasteiger partial charge in [0, 0.05) is 24.3 Å². The van der Waals surface area contributed by atoms with Crippen LogP contribution in [0.1, 0.15) is 34.8 Å². The predicted octanol–water partition coefficient (Wildman–Crippen LogP) is 5.32. The summed E-state index contributed by atoms with van der Waals surface area (Å²) < 4.78 is 12.9. The number of carbonyl (C=O) groups excluding carboxylic acids is 2. The number of aromatic nitrogens is 2. The molecule has 1 aromatic heterocycles. The molecule has 0 radical (unpaired) electrons. The van der Waals surface area contributed by atoms with Gasteiger partial charge in [-0.15, -0.1) is 11.8 Å². The first-order valence-electron chi connectivity index (χ1n) is 14.2. The van der Waals surface area contributed by atoms with Gasteiger partial charge in [-0.1, -0.05) is 60.2 Å². The lowest BCUT2D eigenvalue weighted by Crippen LogP contribution is -2.44. The molecule has 0 saturated carbocycles. The number of amides is 2. The third-order valence-electron chi connectivity index (χ3n) is 7.65. The van der Waals surface area contributed by atoms with Crippen molar-refractivity contribution in [1.29, 1.82) is 0 Å². The zero-order valence-corrected chi connectivity index (χ0v) is 24.6. The van der Waals surface area contributed by atoms with Crippen LogP contribution in [-0.4, -0.2) is 60.3 Å². The van der Waals surface area contributed by atoms with Gasteiger partial charge in [0.1, 0.15) is 18.1 Å². The summed E-state index contributed by atoms with van der Waals surface area (Å²) in [5, 5.41) is 7.97. The second kappa shape index (κ2) is 12.4. The largest absolute Gasteiger partial charge is 0.497 e. The van der Waals surface area contributed by atoms with Crippen LogP contribution in [0.5, 0.6) is 5.75 Å². The van der Waals surface area contributed by atoms with Crippen molar-refractivity contribution < 1.29 is 19.1 Å². The molecule has 0 spiro atoms. The maximum absolute atomic E-state index is 13.9. The highest BCUT2D eigenvalue weighted by Crippen LogP contribution is 2.48. The molecule has 0 aliphatic carbocycles. The van der Waals surface area contributed by atoms with Crippen LogP contribution in [0.3, 0.4) is 0 Å². The predicted molar refractivity (Wildman–Crippen MR) is 165 cm³/mol. The van der Waals surface area contributed by atoms with Gasteiger partial charge in [-0.05, 0) is 49.6 Å². The van der Waals surface area contributed by atoms with Gasteiger partial charge in [-0.2, -0.15) is 5.10 Å². The Balaban J connectivity index is 1.51. The number of anilines is 1. The Bertz CT molecular complexity index is 1560. The van der Waals surface area contributed by atoms with Crippen LogP contribution >= 0.6 is 11.8 Å². The number of methoxy groups -OCH3 is 1. The summed E-state index contributed by atoms with van der Waals surface area (Å²) in [5.74, 6) is 1.18. The summed E-state index contributed by atoms with van der Waals surface area (Å²) in [6.45, 7) is 3.10. The van der Waals surface area contributed by atoms with Crippen molar-refractivity contribution in [3.8, 4) is 22.7 Å². The second-order valence-electron chi connectivity index (χ2n) is 10.6. The first-order valence-corrected chi connectivity index (χ1v) is 15.3. The number of aryl methyl sites for hydroxylation is 1. The van der Waals surface area contributed by atoms with Gasteiger partial charge in [0.25, 0.3) is 0 Å². The molecule has 1 N–H and O–H groups in total. The number of nitrogens with one attached hydrogen (secondary N) is 1. The van der Waals surface area contributed by atoms with E-state index in [0.717, 1.165) is 58.8 Å². The number of carbonyl (C=O) groups is 2. The number of ether oxygens (including phenoxy) is 2. The molecule has 2 atom stereocenters. The average Bonchev–Trinajstić information content (AvgIpc) is 3.65. The molecule has 0 unspecified atom stereocenters. The normalized spacial score (nSPS) is 18.4. The van der Waals surface area contributed by atoms with Gasteiger partial charge < -0.3 is 14.8 Å². The van der Waals surface area contributed by atoms with Crippen LogP contribution in [-0.2, 0) is 14.3 Å². The molecule has 1 saturated heterocycles. The summed E-state index contributed by atoms with van der Waals surface area (Å²) in [7, 11) is 1.63. The maximum Gasteiger partial charge on any atom is 0.240 e. The Hall–Kier alpha value is -4.08. The number of hydrogen-bond acceptors (Lipinski definition) is 6. The molecule has 1 fully saturated rings. The van der Waals surface area contributed by atoms with Crippen molar-refractivity contribution in [2.45, 2.75) is 31.1 Å². The van der Waals surface area contributed by atoms with Gasteiger partial charge in [0.15, 0.2) is 0 Å². The molecule has 2 aliphatic heterocycles. The van der Waals surface area contributed by atoms with Crippen molar-refractivity contribution in [3.05, 3.63) is 95.6 Å². The highest BCUT2D eigenvalue weighted by molar-refractivity contribution is 8.00. The number of nitrogens with zero attached hydrogens (tertiary/aromatic N) is 3. The Morgan fingerprint density at radius 2 is 1.90 bits per heavy atom. The minimum atomic E-state index is -0.229. The van der Waals surface area contributed by atoms with Crippen molar-refractivity contribution in [3.63, 3.8) is 0 Å². The zero-order valence-electron chi connectivity index (χ0n) is 23.8. The molecule has 2 amide bonds. The van der Waals surface area contributed by atoms with E-state index in [1.807, 2.05) is 60.7 Å². The first kappa shape index (κ1) is 28.1. The number of hydrogen-bond donors (Lipinski definition) is 1. The number of rotatable bonds is 8. The van der Waals surface area contributed by atoms with Crippen LogP contribution in [0, 0.1) is 6.92 Å². The standard InChI is InChI=1S/C33H34N4O4S/c1-22-8-6-11-24(18-22)32-30-31(23-9-4-3-5-10-23)35-37(25-13-15-26(40-2)16-14-25)33(30)36(29(39)21-42-32)20-28(38)34-19-27-12-7-17-41-27/h3-6,8-11,13-16,18,27,32H,7,12,17,19-21H2,1-2H3,(H,34,38)/t27-,32-/m0/s1. The molecular formula is C33H34N4O4S. The van der Waals surface area contributed by atoms with E-state index in [2.05, 4.69) is 30.4 Å². The number of benzene rings is 3. The lowest BCUT2D eigenvalue weighted by Gasteiger charge is -2.23. The van der Waals surface area contributed by atoms with Crippen molar-refractivity contribution in [1.82, 2.24) is 15.1 Å². The highest BCUT2D eigenvalue weighted by atomic mass is 32.2. The van der Waals surface area contributed by atoms with Crippen LogP contribution < -0.4 is 15.0 Å². The SMILES string of the molecule is COc1ccc(-n2nc(-c3ccccc3)c3c2N(CC(=O)NC[C@@H]2CCCO2)C(=O)CS[C@H]3c2cccc(C)c2)cc1. The second-order valence-corrected chi connectivity index (χ2v) is 11.7. The molecular weight excluding hydrogens is 548 g/mol. The Labute approximate surface area is 250 Å². The van der Waals surface area contributed by atoms with E-state index in [0.29, 0.717) is 12.4 Å². The van der Waals surface area contributed by atoms with E-state index >= 15 is 0 Å². The minimum Gasteiger partial charge on any atom is -0.497 e. The Morgan fingerprint density at radius 3 is 2.62 bits per heavy atom. The van der Waals surface area contributed by atoms with Gasteiger partial charge in [0.2, 0.25) is 11.8 Å². The van der Waals surface area contributed by atoms with Gasteiger partial charge >= 0.3 is 0 Å². The number of thioether (sulfide) groups is 1. The molecule has 3 heterocycles. The zero-order chi connectivity index (χ0) is 29.1. The monoisotopic (exact) mass is 582 g/mol. The highest BCUT2D eigenvalue weighted by Gasteiger charge is 2.37. The minimum absolute atomic E-state index is 0.0140.